The van der Waals surface area contributed by atoms with Crippen LogP contribution >= 0.6 is 0 Å². The maximum absolute atomic E-state index is 11.8. The molecule has 220 valence electrons. The maximum Gasteiger partial charge on any atom is 0.217 e. The van der Waals surface area contributed by atoms with Crippen LogP contribution in [0.3, 0.4) is 0 Å². The predicted octanol–water partition coefficient (Wildman–Crippen LogP) is -5.58. The van der Waals surface area contributed by atoms with Crippen molar-refractivity contribution in [2.24, 2.45) is 0 Å². The van der Waals surface area contributed by atoms with Crippen LogP contribution in [0.5, 0.6) is 0 Å². The summed E-state index contributed by atoms with van der Waals surface area (Å²) in [5.74, 6) is -1.05. The van der Waals surface area contributed by atoms with Gasteiger partial charge < -0.3 is 70.1 Å². The first-order chi connectivity index (χ1) is 17.8. The molecular formula is C22H38N2O14. The van der Waals surface area contributed by atoms with Gasteiger partial charge in [-0.2, -0.15) is 0 Å². The second-order valence-electron chi connectivity index (χ2n) is 9.72. The van der Waals surface area contributed by atoms with E-state index in [0.717, 1.165) is 6.92 Å². The van der Waals surface area contributed by atoms with E-state index in [4.69, 9.17) is 23.7 Å². The fraction of sp³-hybridized carbons (Fsp3) is 0.909. The number of aliphatic hydroxyl groups is 7. The van der Waals surface area contributed by atoms with Gasteiger partial charge in [-0.1, -0.05) is 0 Å². The summed E-state index contributed by atoms with van der Waals surface area (Å²) in [4.78, 5) is 23.4. The van der Waals surface area contributed by atoms with Gasteiger partial charge in [0.15, 0.2) is 12.6 Å². The van der Waals surface area contributed by atoms with Gasteiger partial charge in [-0.15, -0.1) is 0 Å². The zero-order valence-electron chi connectivity index (χ0n) is 21.2. The van der Waals surface area contributed by atoms with Crippen molar-refractivity contribution in [2.75, 3.05) is 19.8 Å². The minimum absolute atomic E-state index is 0.165. The van der Waals surface area contributed by atoms with Crippen LogP contribution in [0.25, 0.3) is 0 Å². The lowest BCUT2D eigenvalue weighted by molar-refractivity contribution is -0.323. The van der Waals surface area contributed by atoms with Gasteiger partial charge in [0.25, 0.3) is 0 Å². The van der Waals surface area contributed by atoms with Crippen molar-refractivity contribution in [3.63, 3.8) is 0 Å². The first-order valence-corrected chi connectivity index (χ1v) is 12.3. The predicted molar refractivity (Wildman–Crippen MR) is 122 cm³/mol. The molecule has 0 spiro atoms. The molecule has 3 aliphatic rings. The minimum Gasteiger partial charge on any atom is -0.394 e. The van der Waals surface area contributed by atoms with Gasteiger partial charge in [-0.05, 0) is 6.92 Å². The average molecular weight is 555 g/mol. The Kier molecular flexibility index (Phi) is 10.8. The summed E-state index contributed by atoms with van der Waals surface area (Å²) in [7, 11) is 0. The Bertz CT molecular complexity index is 806. The zero-order valence-corrected chi connectivity index (χ0v) is 21.2. The molecule has 3 rings (SSSR count). The summed E-state index contributed by atoms with van der Waals surface area (Å²) in [6, 6.07) is -2.25. The number of ether oxygens (including phenoxy) is 5. The van der Waals surface area contributed by atoms with Crippen LogP contribution < -0.4 is 10.6 Å². The molecule has 16 heteroatoms. The van der Waals surface area contributed by atoms with Gasteiger partial charge in [0, 0.05) is 13.8 Å². The topological polar surface area (TPSA) is 246 Å². The number of hydrogen-bond acceptors (Lipinski definition) is 14. The summed E-state index contributed by atoms with van der Waals surface area (Å²) in [6.07, 6.45) is -16.6. The van der Waals surface area contributed by atoms with E-state index < -0.39 is 104 Å². The van der Waals surface area contributed by atoms with Gasteiger partial charge in [-0.3, -0.25) is 9.59 Å². The minimum atomic E-state index is -1.61. The molecule has 3 heterocycles. The molecule has 38 heavy (non-hydrogen) atoms. The lowest BCUT2D eigenvalue weighted by atomic mass is 9.95. The smallest absolute Gasteiger partial charge is 0.217 e. The summed E-state index contributed by atoms with van der Waals surface area (Å²) in [6.45, 7) is 2.64. The van der Waals surface area contributed by atoms with Gasteiger partial charge in [0.05, 0.1) is 32.0 Å². The van der Waals surface area contributed by atoms with E-state index in [-0.39, 0.29) is 13.2 Å². The second kappa shape index (κ2) is 13.2. The SMILES string of the molecule is CC(=O)N[C@H]1[C@@H](O[C@H]2[C@H](O)[C@@H](NC(C)=O)CO[C@@H]2CO[C@H]2O[C@@H](C)[C@@H](O)[C@@H](O)[C@@H]2O)O[C@H](CO)[C@@H](O)[C@@H]1O. The molecule has 3 aliphatic heterocycles. The van der Waals surface area contributed by atoms with Crippen molar-refractivity contribution < 1.29 is 69.0 Å². The maximum atomic E-state index is 11.8. The standard InChI is InChI=1S/C22H38N2O14/c1-7-14(28)18(32)19(33)22(36-7)35-6-12-20(15(29)10(5-34-12)23-8(2)26)38-21-13(24-9(3)27)17(31)16(30)11(4-25)37-21/h7,10-22,25,28-33H,4-6H2,1-3H3,(H,23,26)(H,24,27)/t7-,10-,11+,12+,13+,14+,15+,16+,17+,18+,19-,20+,21+,22-/m0/s1. The highest BCUT2D eigenvalue weighted by atomic mass is 16.7. The molecule has 3 saturated heterocycles. The number of carbonyl (C=O) groups is 2. The summed E-state index contributed by atoms with van der Waals surface area (Å²) in [5, 5.41) is 76.5. The number of nitrogens with one attached hydrogen (secondary N) is 2. The fourth-order valence-electron chi connectivity index (χ4n) is 4.65. The molecule has 2 amide bonds. The molecule has 0 bridgehead atoms. The molecular weight excluding hydrogens is 516 g/mol. The molecule has 0 unspecified atom stereocenters. The van der Waals surface area contributed by atoms with Crippen LogP contribution in [-0.2, 0) is 33.3 Å². The zero-order chi connectivity index (χ0) is 28.3. The Labute approximate surface area is 218 Å². The number of rotatable bonds is 8. The lowest BCUT2D eigenvalue weighted by Crippen LogP contribution is -2.68. The lowest BCUT2D eigenvalue weighted by Gasteiger charge is -2.47. The van der Waals surface area contributed by atoms with E-state index in [2.05, 4.69) is 10.6 Å². The van der Waals surface area contributed by atoms with Crippen LogP contribution in [0.15, 0.2) is 0 Å². The highest BCUT2D eigenvalue weighted by Gasteiger charge is 2.50. The Morgan fingerprint density at radius 1 is 0.816 bits per heavy atom. The summed E-state index contributed by atoms with van der Waals surface area (Å²) >= 11 is 0. The first kappa shape index (κ1) is 31.0. The van der Waals surface area contributed by atoms with Crippen LogP contribution in [0, 0.1) is 0 Å². The third kappa shape index (κ3) is 6.96. The van der Waals surface area contributed by atoms with E-state index in [1.807, 2.05) is 0 Å². The van der Waals surface area contributed by atoms with E-state index >= 15 is 0 Å². The Morgan fingerprint density at radius 3 is 2.08 bits per heavy atom. The fourth-order valence-corrected chi connectivity index (χ4v) is 4.65. The molecule has 16 nitrogen and oxygen atoms in total. The van der Waals surface area contributed by atoms with E-state index in [0.29, 0.717) is 0 Å². The molecule has 14 atom stereocenters. The molecule has 0 aromatic heterocycles. The quantitative estimate of drug-likeness (QED) is 0.136. The highest BCUT2D eigenvalue weighted by Crippen LogP contribution is 2.29. The molecule has 0 aliphatic carbocycles. The normalized spacial score (nSPS) is 45.8. The number of amides is 2. The Hall–Kier alpha value is -1.54. The molecule has 0 aromatic rings. The Morgan fingerprint density at radius 2 is 1.47 bits per heavy atom. The number of carbonyl (C=O) groups excluding carboxylic acids is 2. The van der Waals surface area contributed by atoms with Crippen molar-refractivity contribution in [3.05, 3.63) is 0 Å². The van der Waals surface area contributed by atoms with E-state index in [1.54, 1.807) is 0 Å². The van der Waals surface area contributed by atoms with E-state index in [1.165, 1.54) is 13.8 Å². The van der Waals surface area contributed by atoms with Gasteiger partial charge in [0.2, 0.25) is 11.8 Å². The van der Waals surface area contributed by atoms with Crippen molar-refractivity contribution in [2.45, 2.75) is 106 Å². The second-order valence-corrected chi connectivity index (χ2v) is 9.72. The van der Waals surface area contributed by atoms with Crippen LogP contribution in [-0.4, -0.2) is 153 Å². The number of hydrogen-bond donors (Lipinski definition) is 9. The Balaban J connectivity index is 1.80. The molecule has 0 radical (unpaired) electrons. The molecule has 3 fully saturated rings. The van der Waals surface area contributed by atoms with Crippen LogP contribution in [0.2, 0.25) is 0 Å². The van der Waals surface area contributed by atoms with Crippen molar-refractivity contribution in [1.29, 1.82) is 0 Å². The molecule has 0 aromatic carbocycles. The number of aliphatic hydroxyl groups excluding tert-OH is 7. The van der Waals surface area contributed by atoms with Crippen molar-refractivity contribution in [3.8, 4) is 0 Å². The van der Waals surface area contributed by atoms with Gasteiger partial charge >= 0.3 is 0 Å². The largest absolute Gasteiger partial charge is 0.394 e. The first-order valence-electron chi connectivity index (χ1n) is 12.3. The average Bonchev–Trinajstić information content (AvgIpc) is 2.86. The van der Waals surface area contributed by atoms with E-state index in [9.17, 15) is 45.3 Å². The summed E-state index contributed by atoms with van der Waals surface area (Å²) in [5.41, 5.74) is 0. The highest BCUT2D eigenvalue weighted by molar-refractivity contribution is 5.73. The van der Waals surface area contributed by atoms with Crippen molar-refractivity contribution >= 4 is 11.8 Å². The van der Waals surface area contributed by atoms with Gasteiger partial charge in [0.1, 0.15) is 61.0 Å². The molecule has 0 saturated carbocycles. The third-order valence-corrected chi connectivity index (χ3v) is 6.77. The molecule has 9 N–H and O–H groups in total. The third-order valence-electron chi connectivity index (χ3n) is 6.77. The monoisotopic (exact) mass is 554 g/mol. The van der Waals surface area contributed by atoms with Crippen molar-refractivity contribution in [1.82, 2.24) is 10.6 Å². The van der Waals surface area contributed by atoms with Crippen LogP contribution in [0.4, 0.5) is 0 Å². The van der Waals surface area contributed by atoms with Crippen LogP contribution in [0.1, 0.15) is 20.8 Å². The summed E-state index contributed by atoms with van der Waals surface area (Å²) < 4.78 is 28.3. The van der Waals surface area contributed by atoms with Gasteiger partial charge in [-0.25, -0.2) is 0 Å².